The monoisotopic (exact) mass is 408 g/mol. The second-order valence-corrected chi connectivity index (χ2v) is 8.52. The van der Waals surface area contributed by atoms with Crippen molar-refractivity contribution in [3.05, 3.63) is 48.4 Å². The number of ether oxygens (including phenoxy) is 2. The molecule has 0 radical (unpaired) electrons. The van der Waals surface area contributed by atoms with Gasteiger partial charge in [0.05, 0.1) is 23.4 Å². The minimum absolute atomic E-state index is 0.180. The van der Waals surface area contributed by atoms with E-state index in [9.17, 15) is 0 Å². The summed E-state index contributed by atoms with van der Waals surface area (Å²) in [6, 6.07) is 8.72. The first-order valence-corrected chi connectivity index (χ1v) is 11.0. The van der Waals surface area contributed by atoms with Crippen LogP contribution in [0.25, 0.3) is 15.8 Å². The Morgan fingerprint density at radius 3 is 2.76 bits per heavy atom. The van der Waals surface area contributed by atoms with Gasteiger partial charge in [0.1, 0.15) is 11.8 Å². The lowest BCUT2D eigenvalue weighted by Gasteiger charge is -2.29. The molecule has 29 heavy (non-hydrogen) atoms. The van der Waals surface area contributed by atoms with Crippen molar-refractivity contribution in [1.29, 1.82) is 0 Å². The Balaban J connectivity index is 1.20. The molecule has 0 bridgehead atoms. The molecule has 1 aliphatic heterocycles. The topological polar surface area (TPSA) is 69.2 Å². The summed E-state index contributed by atoms with van der Waals surface area (Å²) in [4.78, 5) is 13.7. The smallest absolute Gasteiger partial charge is 0.240 e. The lowest BCUT2D eigenvalue weighted by molar-refractivity contribution is 0.142. The predicted molar refractivity (Wildman–Crippen MR) is 115 cm³/mol. The number of aromatic nitrogens is 3. The van der Waals surface area contributed by atoms with Crippen LogP contribution in [0.3, 0.4) is 0 Å². The third-order valence-electron chi connectivity index (χ3n) is 5.51. The number of nitrogens with one attached hydrogen (secondary N) is 1. The molecule has 7 heteroatoms. The van der Waals surface area contributed by atoms with Gasteiger partial charge in [-0.15, -0.1) is 0 Å². The van der Waals surface area contributed by atoms with Gasteiger partial charge >= 0.3 is 0 Å². The molecule has 0 amide bonds. The highest BCUT2D eigenvalue weighted by Gasteiger charge is 2.25. The van der Waals surface area contributed by atoms with Gasteiger partial charge in [-0.25, -0.2) is 15.0 Å². The van der Waals surface area contributed by atoms with Gasteiger partial charge in [0.2, 0.25) is 5.88 Å². The van der Waals surface area contributed by atoms with Crippen LogP contribution in [0.2, 0.25) is 0 Å². The molecule has 0 spiro atoms. The van der Waals surface area contributed by atoms with Crippen LogP contribution in [0, 0.1) is 0 Å². The molecule has 6 nitrogen and oxygen atoms in total. The van der Waals surface area contributed by atoms with Gasteiger partial charge in [-0.1, -0.05) is 29.5 Å². The van der Waals surface area contributed by atoms with E-state index in [1.54, 1.807) is 23.7 Å². The van der Waals surface area contributed by atoms with Crippen molar-refractivity contribution in [3.63, 3.8) is 0 Å². The summed E-state index contributed by atoms with van der Waals surface area (Å²) in [6.45, 7) is 1.36. The number of hydrogen-bond acceptors (Lipinski definition) is 7. The van der Waals surface area contributed by atoms with E-state index in [1.165, 1.54) is 10.3 Å². The molecule has 3 heterocycles. The van der Waals surface area contributed by atoms with Crippen molar-refractivity contribution in [3.8, 4) is 5.88 Å². The zero-order chi connectivity index (χ0) is 19.5. The van der Waals surface area contributed by atoms with E-state index in [0.717, 1.165) is 55.1 Å². The second-order valence-electron chi connectivity index (χ2n) is 7.49. The van der Waals surface area contributed by atoms with Crippen LogP contribution in [-0.2, 0) is 4.74 Å². The number of hydrogen-bond donors (Lipinski definition) is 1. The number of fused-ring (bicyclic) bond motifs is 1. The van der Waals surface area contributed by atoms with Crippen LogP contribution in [-0.4, -0.2) is 40.3 Å². The average molecular weight is 409 g/mol. The van der Waals surface area contributed by atoms with Crippen molar-refractivity contribution in [2.45, 2.75) is 44.2 Å². The Bertz CT molecular complexity index is 978. The molecule has 1 N–H and O–H groups in total. The molecule has 5 rings (SSSR count). The quantitative estimate of drug-likeness (QED) is 0.660. The van der Waals surface area contributed by atoms with Crippen molar-refractivity contribution in [2.24, 2.45) is 0 Å². The fourth-order valence-electron chi connectivity index (χ4n) is 3.97. The molecular weight excluding hydrogens is 384 g/mol. The first-order chi connectivity index (χ1) is 14.3. The largest absolute Gasteiger partial charge is 0.473 e. The third-order valence-corrected chi connectivity index (χ3v) is 6.47. The molecule has 1 aliphatic carbocycles. The summed E-state index contributed by atoms with van der Waals surface area (Å²) >= 11 is 1.72. The minimum atomic E-state index is 0.180. The first kappa shape index (κ1) is 18.5. The van der Waals surface area contributed by atoms with E-state index in [0.29, 0.717) is 18.5 Å². The summed E-state index contributed by atoms with van der Waals surface area (Å²) in [6.07, 6.45) is 10.7. The van der Waals surface area contributed by atoms with E-state index < -0.39 is 0 Å². The Morgan fingerprint density at radius 2 is 1.93 bits per heavy atom. The van der Waals surface area contributed by atoms with Crippen molar-refractivity contribution in [2.75, 3.05) is 18.5 Å². The highest BCUT2D eigenvalue weighted by molar-refractivity contribution is 7.22. The first-order valence-electron chi connectivity index (χ1n) is 10.2. The van der Waals surface area contributed by atoms with Crippen LogP contribution >= 0.6 is 11.3 Å². The highest BCUT2D eigenvalue weighted by atomic mass is 32.1. The Labute approximate surface area is 174 Å². The van der Waals surface area contributed by atoms with Crippen LogP contribution in [0.1, 0.15) is 37.8 Å². The summed E-state index contributed by atoms with van der Waals surface area (Å²) in [5.41, 5.74) is 3.10. The number of rotatable bonds is 5. The summed E-state index contributed by atoms with van der Waals surface area (Å²) in [5, 5.41) is 4.63. The molecular formula is C22H24N4O2S. The SMILES string of the molecule is C1=C(c2nccnc2OC2CCC(Nc3nc4ccccc4s3)CC2)CCOC1. The van der Waals surface area contributed by atoms with Gasteiger partial charge in [-0.05, 0) is 49.8 Å². The fraction of sp³-hybridized carbons (Fsp3) is 0.409. The number of benzene rings is 1. The maximum atomic E-state index is 6.29. The predicted octanol–water partition coefficient (Wildman–Crippen LogP) is 4.69. The van der Waals surface area contributed by atoms with Gasteiger partial charge in [0, 0.05) is 18.4 Å². The normalized spacial score (nSPS) is 22.3. The lowest BCUT2D eigenvalue weighted by Crippen LogP contribution is -2.31. The fourth-order valence-corrected chi connectivity index (χ4v) is 4.91. The minimum Gasteiger partial charge on any atom is -0.473 e. The lowest BCUT2D eigenvalue weighted by atomic mass is 9.93. The summed E-state index contributed by atoms with van der Waals surface area (Å²) < 4.78 is 12.9. The zero-order valence-corrected chi connectivity index (χ0v) is 17.0. The third kappa shape index (κ3) is 4.26. The van der Waals surface area contributed by atoms with Crippen molar-refractivity contribution in [1.82, 2.24) is 15.0 Å². The summed E-state index contributed by atoms with van der Waals surface area (Å²) in [5.74, 6) is 0.656. The van der Waals surface area contributed by atoms with Crippen LogP contribution in [0.15, 0.2) is 42.7 Å². The van der Waals surface area contributed by atoms with E-state index in [4.69, 9.17) is 14.5 Å². The van der Waals surface area contributed by atoms with Crippen LogP contribution in [0.4, 0.5) is 5.13 Å². The van der Waals surface area contributed by atoms with Crippen LogP contribution in [0.5, 0.6) is 5.88 Å². The van der Waals surface area contributed by atoms with E-state index in [2.05, 4.69) is 39.6 Å². The number of para-hydroxylation sites is 1. The molecule has 0 saturated heterocycles. The summed E-state index contributed by atoms with van der Waals surface area (Å²) in [7, 11) is 0. The molecule has 3 aromatic rings. The Morgan fingerprint density at radius 1 is 1.07 bits per heavy atom. The molecule has 1 saturated carbocycles. The van der Waals surface area contributed by atoms with Gasteiger partial charge in [-0.2, -0.15) is 0 Å². The molecule has 150 valence electrons. The van der Waals surface area contributed by atoms with Gasteiger partial charge in [0.25, 0.3) is 0 Å². The zero-order valence-electron chi connectivity index (χ0n) is 16.2. The molecule has 1 fully saturated rings. The van der Waals surface area contributed by atoms with Gasteiger partial charge in [0.15, 0.2) is 5.13 Å². The average Bonchev–Trinajstić information content (AvgIpc) is 3.18. The Hall–Kier alpha value is -2.51. The molecule has 0 unspecified atom stereocenters. The number of thiazole rings is 1. The standard InChI is InChI=1S/C22H24N4O2S/c1-2-4-19-18(3-1)26-22(29-19)25-16-5-7-17(8-6-16)28-21-20(23-11-12-24-21)15-9-13-27-14-10-15/h1-4,9,11-12,16-17H,5-8,10,13-14H2,(H,25,26). The number of anilines is 1. The van der Waals surface area contributed by atoms with E-state index in [1.807, 2.05) is 6.07 Å². The number of nitrogens with zero attached hydrogens (tertiary/aromatic N) is 3. The van der Waals surface area contributed by atoms with E-state index in [-0.39, 0.29) is 6.10 Å². The maximum absolute atomic E-state index is 6.29. The van der Waals surface area contributed by atoms with Gasteiger partial charge < -0.3 is 14.8 Å². The second kappa shape index (κ2) is 8.47. The molecule has 1 aromatic carbocycles. The van der Waals surface area contributed by atoms with Crippen LogP contribution < -0.4 is 10.1 Å². The Kier molecular flexibility index (Phi) is 5.41. The van der Waals surface area contributed by atoms with E-state index >= 15 is 0 Å². The molecule has 2 aliphatic rings. The molecule has 2 aromatic heterocycles. The maximum Gasteiger partial charge on any atom is 0.240 e. The van der Waals surface area contributed by atoms with Crippen molar-refractivity contribution < 1.29 is 9.47 Å². The molecule has 0 atom stereocenters. The van der Waals surface area contributed by atoms with Crippen molar-refractivity contribution >= 4 is 32.3 Å². The highest BCUT2D eigenvalue weighted by Crippen LogP contribution is 2.32. The van der Waals surface area contributed by atoms with Gasteiger partial charge in [-0.3, -0.25) is 0 Å².